The number of piperazine rings is 1. The van der Waals surface area contributed by atoms with Gasteiger partial charge in [-0.2, -0.15) is 9.97 Å². The van der Waals surface area contributed by atoms with E-state index in [0.29, 0.717) is 34.7 Å². The number of halogens is 1. The first kappa shape index (κ1) is 21.6. The molecule has 0 aliphatic carbocycles. The Hall–Kier alpha value is -2.65. The van der Waals surface area contributed by atoms with Crippen LogP contribution < -0.4 is 20.9 Å². The lowest BCUT2D eigenvalue weighted by Crippen LogP contribution is -2.45. The standard InChI is InChI=1S/C21H29ClN8O/c1-3-4-5-24-21-26-18(23)15-11-17(31)30(19(15)27-21)13-14-10-16(22)20(25-12-14)29-8-6-28(2)7-9-29/h10,12H,3-9,11,13H2,1-2H3,(H3,23,24,26,27). The van der Waals surface area contributed by atoms with Crippen molar-refractivity contribution < 1.29 is 4.79 Å². The van der Waals surface area contributed by atoms with E-state index in [0.717, 1.165) is 56.9 Å². The molecule has 0 aromatic carbocycles. The lowest BCUT2D eigenvalue weighted by atomic mass is 10.2. The summed E-state index contributed by atoms with van der Waals surface area (Å²) in [5, 5.41) is 3.78. The number of nitrogen functional groups attached to an aromatic ring is 1. The number of fused-ring (bicyclic) bond motifs is 1. The Kier molecular flexibility index (Phi) is 6.43. The van der Waals surface area contributed by atoms with Gasteiger partial charge in [0.25, 0.3) is 0 Å². The second-order valence-electron chi connectivity index (χ2n) is 8.11. The second kappa shape index (κ2) is 9.23. The molecule has 1 saturated heterocycles. The average Bonchev–Trinajstić information content (AvgIpc) is 3.05. The molecule has 0 bridgehead atoms. The number of aromatic nitrogens is 3. The molecule has 10 heteroatoms. The molecule has 1 fully saturated rings. The monoisotopic (exact) mass is 444 g/mol. The van der Waals surface area contributed by atoms with Gasteiger partial charge in [-0.15, -0.1) is 0 Å². The molecule has 0 atom stereocenters. The maximum atomic E-state index is 12.7. The number of rotatable bonds is 7. The SMILES string of the molecule is CCCCNc1nc(N)c2c(n1)N(Cc1cnc(N3CCN(C)CC3)c(Cl)c1)C(=O)C2. The van der Waals surface area contributed by atoms with E-state index in [4.69, 9.17) is 17.3 Å². The van der Waals surface area contributed by atoms with Crippen LogP contribution in [0.2, 0.25) is 5.02 Å². The molecule has 4 rings (SSSR count). The van der Waals surface area contributed by atoms with Crippen LogP contribution in [0.4, 0.5) is 23.4 Å². The highest BCUT2D eigenvalue weighted by Gasteiger charge is 2.32. The van der Waals surface area contributed by atoms with Crippen molar-refractivity contribution in [2.24, 2.45) is 0 Å². The number of nitrogens with zero attached hydrogens (tertiary/aromatic N) is 6. The van der Waals surface area contributed by atoms with Crippen LogP contribution in [0.15, 0.2) is 12.3 Å². The van der Waals surface area contributed by atoms with Crippen LogP contribution in [0.3, 0.4) is 0 Å². The van der Waals surface area contributed by atoms with E-state index in [9.17, 15) is 4.79 Å². The minimum absolute atomic E-state index is 0.0547. The number of anilines is 4. The number of hydrogen-bond donors (Lipinski definition) is 2. The van der Waals surface area contributed by atoms with Gasteiger partial charge in [0.05, 0.1) is 18.0 Å². The van der Waals surface area contributed by atoms with E-state index in [2.05, 4.69) is 44.0 Å². The Morgan fingerprint density at radius 2 is 1.97 bits per heavy atom. The maximum absolute atomic E-state index is 12.7. The van der Waals surface area contributed by atoms with Crippen LogP contribution >= 0.6 is 11.6 Å². The fraction of sp³-hybridized carbons (Fsp3) is 0.524. The molecule has 1 amide bonds. The molecule has 9 nitrogen and oxygen atoms in total. The van der Waals surface area contributed by atoms with Crippen molar-refractivity contribution in [2.45, 2.75) is 32.7 Å². The number of likely N-dealkylation sites (N-methyl/N-ethyl adjacent to an activating group) is 1. The quantitative estimate of drug-likeness (QED) is 0.626. The molecule has 0 radical (unpaired) electrons. The summed E-state index contributed by atoms with van der Waals surface area (Å²) in [5.74, 6) is 2.10. The zero-order chi connectivity index (χ0) is 22.0. The normalized spacial score (nSPS) is 16.7. The number of nitrogens with two attached hydrogens (primary N) is 1. The number of pyridine rings is 1. The van der Waals surface area contributed by atoms with Gasteiger partial charge in [0.1, 0.15) is 17.5 Å². The third kappa shape index (κ3) is 4.67. The zero-order valence-corrected chi connectivity index (χ0v) is 18.8. The van der Waals surface area contributed by atoms with Crippen molar-refractivity contribution in [3.63, 3.8) is 0 Å². The third-order valence-electron chi connectivity index (χ3n) is 5.74. The molecule has 4 heterocycles. The highest BCUT2D eigenvalue weighted by molar-refractivity contribution is 6.33. The van der Waals surface area contributed by atoms with Gasteiger partial charge in [-0.3, -0.25) is 9.69 Å². The van der Waals surface area contributed by atoms with E-state index < -0.39 is 0 Å². The summed E-state index contributed by atoms with van der Waals surface area (Å²) in [5.41, 5.74) is 7.65. The summed E-state index contributed by atoms with van der Waals surface area (Å²) < 4.78 is 0. The highest BCUT2D eigenvalue weighted by atomic mass is 35.5. The molecule has 0 spiro atoms. The van der Waals surface area contributed by atoms with Gasteiger partial charge in [0.15, 0.2) is 0 Å². The van der Waals surface area contributed by atoms with E-state index >= 15 is 0 Å². The molecule has 2 aromatic heterocycles. The van der Waals surface area contributed by atoms with Crippen molar-refractivity contribution in [1.29, 1.82) is 0 Å². The summed E-state index contributed by atoms with van der Waals surface area (Å²) in [6.07, 6.45) is 4.06. The zero-order valence-electron chi connectivity index (χ0n) is 18.1. The van der Waals surface area contributed by atoms with E-state index in [-0.39, 0.29) is 12.3 Å². The minimum Gasteiger partial charge on any atom is -0.383 e. The fourth-order valence-electron chi connectivity index (χ4n) is 3.86. The summed E-state index contributed by atoms with van der Waals surface area (Å²) in [4.78, 5) is 32.3. The summed E-state index contributed by atoms with van der Waals surface area (Å²) >= 11 is 6.57. The average molecular weight is 445 g/mol. The Morgan fingerprint density at radius 1 is 1.19 bits per heavy atom. The molecule has 166 valence electrons. The predicted molar refractivity (Wildman–Crippen MR) is 124 cm³/mol. The Balaban J connectivity index is 1.52. The van der Waals surface area contributed by atoms with Gasteiger partial charge < -0.3 is 20.9 Å². The van der Waals surface area contributed by atoms with E-state index in [1.807, 2.05) is 6.07 Å². The van der Waals surface area contributed by atoms with Crippen LogP contribution in [0.1, 0.15) is 30.9 Å². The maximum Gasteiger partial charge on any atom is 0.233 e. The number of carbonyl (C=O) groups excluding carboxylic acids is 1. The third-order valence-corrected chi connectivity index (χ3v) is 6.02. The minimum atomic E-state index is -0.0547. The molecule has 0 unspecified atom stereocenters. The number of amides is 1. The first-order chi connectivity index (χ1) is 15.0. The molecular formula is C21H29ClN8O. The number of unbranched alkanes of at least 4 members (excludes halogenated alkanes) is 1. The van der Waals surface area contributed by atoms with Crippen LogP contribution in [0.5, 0.6) is 0 Å². The van der Waals surface area contributed by atoms with Crippen molar-refractivity contribution >= 4 is 40.9 Å². The highest BCUT2D eigenvalue weighted by Crippen LogP contribution is 2.33. The lowest BCUT2D eigenvalue weighted by Gasteiger charge is -2.33. The Labute approximate surface area is 187 Å². The molecular weight excluding hydrogens is 416 g/mol. The Morgan fingerprint density at radius 3 is 2.68 bits per heavy atom. The van der Waals surface area contributed by atoms with Gasteiger partial charge in [-0.25, -0.2) is 4.98 Å². The summed E-state index contributed by atoms with van der Waals surface area (Å²) in [6, 6.07) is 1.89. The smallest absolute Gasteiger partial charge is 0.233 e. The van der Waals surface area contributed by atoms with Gasteiger partial charge in [0.2, 0.25) is 11.9 Å². The first-order valence-electron chi connectivity index (χ1n) is 10.7. The number of nitrogens with one attached hydrogen (secondary N) is 1. The van der Waals surface area contributed by atoms with E-state index in [1.165, 1.54) is 0 Å². The van der Waals surface area contributed by atoms with Crippen LogP contribution in [0, 0.1) is 0 Å². The molecule has 2 aliphatic heterocycles. The van der Waals surface area contributed by atoms with Gasteiger partial charge in [-0.05, 0) is 25.1 Å². The van der Waals surface area contributed by atoms with Crippen LogP contribution in [-0.2, 0) is 17.8 Å². The van der Waals surface area contributed by atoms with Crippen molar-refractivity contribution in [3.8, 4) is 0 Å². The molecule has 3 N–H and O–H groups in total. The molecule has 2 aliphatic rings. The summed E-state index contributed by atoms with van der Waals surface area (Å²) in [6.45, 7) is 6.97. The van der Waals surface area contributed by atoms with Gasteiger partial charge in [-0.1, -0.05) is 24.9 Å². The second-order valence-corrected chi connectivity index (χ2v) is 8.52. The largest absolute Gasteiger partial charge is 0.383 e. The lowest BCUT2D eigenvalue weighted by molar-refractivity contribution is -0.117. The summed E-state index contributed by atoms with van der Waals surface area (Å²) in [7, 11) is 2.11. The van der Waals surface area contributed by atoms with Crippen LogP contribution in [-0.4, -0.2) is 65.5 Å². The molecule has 31 heavy (non-hydrogen) atoms. The van der Waals surface area contributed by atoms with Crippen molar-refractivity contribution in [3.05, 3.63) is 28.4 Å². The topological polar surface area (TPSA) is 104 Å². The van der Waals surface area contributed by atoms with Crippen molar-refractivity contribution in [1.82, 2.24) is 19.9 Å². The molecule has 2 aromatic rings. The number of carbonyl (C=O) groups is 1. The molecule has 0 saturated carbocycles. The first-order valence-corrected chi connectivity index (χ1v) is 11.1. The van der Waals surface area contributed by atoms with Crippen LogP contribution in [0.25, 0.3) is 0 Å². The number of hydrogen-bond acceptors (Lipinski definition) is 8. The van der Waals surface area contributed by atoms with E-state index in [1.54, 1.807) is 11.1 Å². The van der Waals surface area contributed by atoms with Gasteiger partial charge in [0, 0.05) is 44.5 Å². The van der Waals surface area contributed by atoms with Crippen molar-refractivity contribution in [2.75, 3.05) is 60.6 Å². The predicted octanol–water partition coefficient (Wildman–Crippen LogP) is 2.16. The fourth-order valence-corrected chi connectivity index (χ4v) is 4.16. The van der Waals surface area contributed by atoms with Gasteiger partial charge >= 0.3 is 0 Å². The Bertz CT molecular complexity index is 961.